The van der Waals surface area contributed by atoms with Crippen molar-refractivity contribution in [2.75, 3.05) is 22.9 Å². The van der Waals surface area contributed by atoms with E-state index in [2.05, 4.69) is 10.0 Å². The Bertz CT molecular complexity index is 1030. The zero-order valence-electron chi connectivity index (χ0n) is 17.6. The number of esters is 1. The molecule has 0 aliphatic carbocycles. The number of carbonyl (C=O) groups is 2. The van der Waals surface area contributed by atoms with Gasteiger partial charge in [0.1, 0.15) is 11.5 Å². The Labute approximate surface area is 176 Å². The topological polar surface area (TPSA) is 111 Å². The molecule has 0 aliphatic heterocycles. The molecule has 0 heterocycles. The Kier molecular flexibility index (Phi) is 7.44. The minimum atomic E-state index is -3.93. The molecule has 1 amide bonds. The van der Waals surface area contributed by atoms with Crippen LogP contribution in [0.5, 0.6) is 5.75 Å². The van der Waals surface area contributed by atoms with Gasteiger partial charge in [-0.25, -0.2) is 13.2 Å². The monoisotopic (exact) mass is 434 g/mol. The van der Waals surface area contributed by atoms with Crippen molar-refractivity contribution in [1.29, 1.82) is 0 Å². The highest BCUT2D eigenvalue weighted by Gasteiger charge is 2.19. The van der Waals surface area contributed by atoms with E-state index in [-0.39, 0.29) is 6.10 Å². The molecule has 30 heavy (non-hydrogen) atoms. The van der Waals surface area contributed by atoms with E-state index >= 15 is 0 Å². The maximum atomic E-state index is 12.3. The predicted molar refractivity (Wildman–Crippen MR) is 116 cm³/mol. The molecule has 0 saturated heterocycles. The lowest BCUT2D eigenvalue weighted by Crippen LogP contribution is -2.27. The van der Waals surface area contributed by atoms with Crippen LogP contribution < -0.4 is 14.8 Å². The number of benzene rings is 2. The Balaban J connectivity index is 2.06. The second-order valence-corrected chi connectivity index (χ2v) is 8.78. The van der Waals surface area contributed by atoms with Gasteiger partial charge in [-0.1, -0.05) is 0 Å². The first-order valence-corrected chi connectivity index (χ1v) is 10.9. The fraction of sp³-hybridized carbons (Fsp3) is 0.333. The van der Waals surface area contributed by atoms with Gasteiger partial charge in [0.2, 0.25) is 15.9 Å². The van der Waals surface area contributed by atoms with Crippen molar-refractivity contribution in [2.45, 2.75) is 33.8 Å². The standard InChI is InChI=1S/C21H26N2O6S/c1-13(2)29-18-8-6-16(7-9-18)23-30(26,27)12-20(24)22-17-10-14(3)15(4)19(11-17)21(25)28-5/h6-11,13,23H,12H2,1-5H3,(H,22,24). The lowest BCUT2D eigenvalue weighted by molar-refractivity contribution is -0.113. The number of hydrogen-bond acceptors (Lipinski definition) is 6. The first kappa shape index (κ1) is 23.2. The second kappa shape index (κ2) is 9.62. The Morgan fingerprint density at radius 2 is 1.67 bits per heavy atom. The third kappa shape index (κ3) is 6.48. The maximum absolute atomic E-state index is 12.3. The molecular formula is C21H26N2O6S. The summed E-state index contributed by atoms with van der Waals surface area (Å²) in [6.07, 6.45) is 0.00125. The van der Waals surface area contributed by atoms with Crippen molar-refractivity contribution < 1.29 is 27.5 Å². The van der Waals surface area contributed by atoms with Crippen molar-refractivity contribution in [3.05, 3.63) is 53.1 Å². The number of ether oxygens (including phenoxy) is 2. The minimum Gasteiger partial charge on any atom is -0.491 e. The highest BCUT2D eigenvalue weighted by atomic mass is 32.2. The SMILES string of the molecule is COC(=O)c1cc(NC(=O)CS(=O)(=O)Nc2ccc(OC(C)C)cc2)cc(C)c1C. The van der Waals surface area contributed by atoms with E-state index in [1.165, 1.54) is 13.2 Å². The van der Waals surface area contributed by atoms with Gasteiger partial charge in [-0.05, 0) is 75.2 Å². The van der Waals surface area contributed by atoms with Crippen LogP contribution in [0.4, 0.5) is 11.4 Å². The third-order valence-corrected chi connectivity index (χ3v) is 5.37. The molecule has 0 radical (unpaired) electrons. The second-order valence-electron chi connectivity index (χ2n) is 7.06. The number of hydrogen-bond donors (Lipinski definition) is 2. The molecule has 0 aliphatic rings. The normalized spacial score (nSPS) is 11.1. The van der Waals surface area contributed by atoms with Gasteiger partial charge in [-0.15, -0.1) is 0 Å². The number of methoxy groups -OCH3 is 1. The van der Waals surface area contributed by atoms with Crippen LogP contribution in [0.2, 0.25) is 0 Å². The van der Waals surface area contributed by atoms with Crippen molar-refractivity contribution in [2.24, 2.45) is 0 Å². The quantitative estimate of drug-likeness (QED) is 0.617. The molecule has 9 heteroatoms. The van der Waals surface area contributed by atoms with E-state index in [0.29, 0.717) is 22.7 Å². The van der Waals surface area contributed by atoms with Crippen LogP contribution in [0.15, 0.2) is 36.4 Å². The van der Waals surface area contributed by atoms with E-state index in [4.69, 9.17) is 9.47 Å². The molecule has 0 atom stereocenters. The number of rotatable bonds is 8. The van der Waals surface area contributed by atoms with Crippen LogP contribution in [0.3, 0.4) is 0 Å². The summed E-state index contributed by atoms with van der Waals surface area (Å²) < 4.78 is 37.3. The molecule has 162 valence electrons. The third-order valence-electron chi connectivity index (χ3n) is 4.18. The van der Waals surface area contributed by atoms with Gasteiger partial charge in [0.15, 0.2) is 0 Å². The van der Waals surface area contributed by atoms with E-state index in [1.54, 1.807) is 44.2 Å². The molecule has 0 bridgehead atoms. The summed E-state index contributed by atoms with van der Waals surface area (Å²) in [5, 5.41) is 2.52. The van der Waals surface area contributed by atoms with Crippen molar-refractivity contribution in [1.82, 2.24) is 0 Å². The zero-order valence-corrected chi connectivity index (χ0v) is 18.4. The van der Waals surface area contributed by atoms with Crippen LogP contribution in [-0.2, 0) is 19.6 Å². The summed E-state index contributed by atoms with van der Waals surface area (Å²) in [6.45, 7) is 7.32. The summed E-state index contributed by atoms with van der Waals surface area (Å²) in [6, 6.07) is 9.51. The lowest BCUT2D eigenvalue weighted by atomic mass is 10.0. The number of anilines is 2. The number of amides is 1. The van der Waals surface area contributed by atoms with Crippen LogP contribution in [0.1, 0.15) is 35.3 Å². The number of aryl methyl sites for hydroxylation is 1. The number of carbonyl (C=O) groups excluding carboxylic acids is 2. The average Bonchev–Trinajstić information content (AvgIpc) is 2.64. The molecule has 2 aromatic rings. The zero-order chi connectivity index (χ0) is 22.5. The molecule has 0 aromatic heterocycles. The fourth-order valence-electron chi connectivity index (χ4n) is 2.71. The first-order chi connectivity index (χ1) is 14.0. The maximum Gasteiger partial charge on any atom is 0.338 e. The highest BCUT2D eigenvalue weighted by molar-refractivity contribution is 7.93. The molecule has 8 nitrogen and oxygen atoms in total. The first-order valence-electron chi connectivity index (χ1n) is 9.27. The molecule has 0 unspecified atom stereocenters. The highest BCUT2D eigenvalue weighted by Crippen LogP contribution is 2.21. The van der Waals surface area contributed by atoms with Crippen LogP contribution in [0, 0.1) is 13.8 Å². The van der Waals surface area contributed by atoms with Gasteiger partial charge < -0.3 is 14.8 Å². The molecule has 0 saturated carbocycles. The van der Waals surface area contributed by atoms with Gasteiger partial charge in [0.05, 0.1) is 18.8 Å². The van der Waals surface area contributed by atoms with Crippen LogP contribution >= 0.6 is 0 Å². The minimum absolute atomic E-state index is 0.00125. The van der Waals surface area contributed by atoms with Crippen molar-refractivity contribution in [3.63, 3.8) is 0 Å². The Morgan fingerprint density at radius 1 is 1.03 bits per heavy atom. The predicted octanol–water partition coefficient (Wildman–Crippen LogP) is 3.26. The fourth-order valence-corrected chi connectivity index (χ4v) is 3.70. The molecule has 2 N–H and O–H groups in total. The smallest absolute Gasteiger partial charge is 0.338 e. The van der Waals surface area contributed by atoms with Crippen LogP contribution in [0.25, 0.3) is 0 Å². The largest absolute Gasteiger partial charge is 0.491 e. The van der Waals surface area contributed by atoms with Gasteiger partial charge >= 0.3 is 5.97 Å². The van der Waals surface area contributed by atoms with Gasteiger partial charge in [-0.3, -0.25) is 9.52 Å². The lowest BCUT2D eigenvalue weighted by Gasteiger charge is -2.13. The van der Waals surface area contributed by atoms with E-state index in [1.807, 2.05) is 13.8 Å². The number of nitrogens with one attached hydrogen (secondary N) is 2. The molecule has 0 spiro atoms. The van der Waals surface area contributed by atoms with E-state index in [9.17, 15) is 18.0 Å². The summed E-state index contributed by atoms with van der Waals surface area (Å²) in [7, 11) is -2.67. The van der Waals surface area contributed by atoms with E-state index in [0.717, 1.165) is 11.1 Å². The molecule has 2 rings (SSSR count). The Hall–Kier alpha value is -3.07. The van der Waals surface area contributed by atoms with E-state index < -0.39 is 27.7 Å². The van der Waals surface area contributed by atoms with Gasteiger partial charge in [0, 0.05) is 11.4 Å². The molecular weight excluding hydrogens is 408 g/mol. The van der Waals surface area contributed by atoms with Crippen LogP contribution in [-0.4, -0.2) is 39.3 Å². The summed E-state index contributed by atoms with van der Waals surface area (Å²) in [5.74, 6) is -1.44. The Morgan fingerprint density at radius 3 is 2.23 bits per heavy atom. The van der Waals surface area contributed by atoms with Crippen molar-refractivity contribution in [3.8, 4) is 5.75 Å². The van der Waals surface area contributed by atoms with Gasteiger partial charge in [-0.2, -0.15) is 0 Å². The summed E-state index contributed by atoms with van der Waals surface area (Å²) in [4.78, 5) is 24.2. The number of sulfonamides is 1. The summed E-state index contributed by atoms with van der Waals surface area (Å²) >= 11 is 0. The van der Waals surface area contributed by atoms with Gasteiger partial charge in [0.25, 0.3) is 0 Å². The average molecular weight is 435 g/mol. The molecule has 2 aromatic carbocycles. The molecule has 0 fully saturated rings. The van der Waals surface area contributed by atoms with Crippen molar-refractivity contribution >= 4 is 33.3 Å². The summed E-state index contributed by atoms with van der Waals surface area (Å²) in [5.41, 5.74) is 2.42.